The number of aliphatic hydroxyl groups excluding tert-OH is 1. The standard InChI is InChI=1S/C16H15ClFNO/c17-12-6-3-5-11(15(12)18)16(20)14-9-8-10-4-1-2-7-13(10)19-14/h1-7,14,16,19-20H,8-9H2. The summed E-state index contributed by atoms with van der Waals surface area (Å²) in [5.74, 6) is -0.540. The van der Waals surface area contributed by atoms with Crippen molar-refractivity contribution >= 4 is 17.3 Å². The second-order valence-electron chi connectivity index (χ2n) is 5.03. The molecular weight excluding hydrogens is 277 g/mol. The van der Waals surface area contributed by atoms with Crippen LogP contribution in [0.1, 0.15) is 23.7 Å². The monoisotopic (exact) mass is 291 g/mol. The highest BCUT2D eigenvalue weighted by Gasteiger charge is 2.27. The highest BCUT2D eigenvalue weighted by Crippen LogP contribution is 2.32. The van der Waals surface area contributed by atoms with Crippen LogP contribution in [0.2, 0.25) is 5.02 Å². The number of anilines is 1. The van der Waals surface area contributed by atoms with Crippen molar-refractivity contribution in [3.8, 4) is 0 Å². The molecule has 0 amide bonds. The van der Waals surface area contributed by atoms with Crippen molar-refractivity contribution in [1.82, 2.24) is 0 Å². The lowest BCUT2D eigenvalue weighted by Gasteiger charge is -2.31. The van der Waals surface area contributed by atoms with Crippen LogP contribution < -0.4 is 5.32 Å². The number of hydrogen-bond acceptors (Lipinski definition) is 2. The summed E-state index contributed by atoms with van der Waals surface area (Å²) in [7, 11) is 0. The Hall–Kier alpha value is -1.58. The number of fused-ring (bicyclic) bond motifs is 1. The van der Waals surface area contributed by atoms with Crippen molar-refractivity contribution in [2.45, 2.75) is 25.0 Å². The summed E-state index contributed by atoms with van der Waals surface area (Å²) in [6.45, 7) is 0. The fourth-order valence-electron chi connectivity index (χ4n) is 2.66. The molecule has 2 aromatic carbocycles. The molecule has 3 rings (SSSR count). The summed E-state index contributed by atoms with van der Waals surface area (Å²) in [5.41, 5.74) is 2.47. The van der Waals surface area contributed by atoms with Gasteiger partial charge in [0.15, 0.2) is 0 Å². The SMILES string of the molecule is OC(c1cccc(Cl)c1F)C1CCc2ccccc2N1. The number of halogens is 2. The first-order chi connectivity index (χ1) is 9.66. The van der Waals surface area contributed by atoms with Crippen molar-refractivity contribution in [3.05, 3.63) is 64.4 Å². The molecule has 1 aliphatic rings. The fraction of sp³-hybridized carbons (Fsp3) is 0.250. The van der Waals surface area contributed by atoms with E-state index in [0.29, 0.717) is 0 Å². The van der Waals surface area contributed by atoms with E-state index >= 15 is 0 Å². The zero-order valence-electron chi connectivity index (χ0n) is 10.8. The van der Waals surface area contributed by atoms with E-state index in [1.54, 1.807) is 12.1 Å². The predicted octanol–water partition coefficient (Wildman–Crippen LogP) is 3.94. The Morgan fingerprint density at radius 3 is 2.85 bits per heavy atom. The van der Waals surface area contributed by atoms with Crippen LogP contribution in [0.25, 0.3) is 0 Å². The number of nitrogens with one attached hydrogen (secondary N) is 1. The topological polar surface area (TPSA) is 32.3 Å². The molecule has 2 unspecified atom stereocenters. The van der Waals surface area contributed by atoms with Gasteiger partial charge in [0.2, 0.25) is 0 Å². The third kappa shape index (κ3) is 2.39. The van der Waals surface area contributed by atoms with Gasteiger partial charge in [-0.05, 0) is 30.5 Å². The Balaban J connectivity index is 1.86. The minimum atomic E-state index is -0.915. The zero-order chi connectivity index (χ0) is 14.1. The van der Waals surface area contributed by atoms with E-state index in [2.05, 4.69) is 11.4 Å². The summed E-state index contributed by atoms with van der Waals surface area (Å²) in [5, 5.41) is 13.7. The second kappa shape index (κ2) is 5.43. The minimum Gasteiger partial charge on any atom is -0.386 e. The van der Waals surface area contributed by atoms with E-state index in [1.807, 2.05) is 18.2 Å². The lowest BCUT2D eigenvalue weighted by Crippen LogP contribution is -2.32. The van der Waals surface area contributed by atoms with Gasteiger partial charge in [-0.2, -0.15) is 0 Å². The zero-order valence-corrected chi connectivity index (χ0v) is 11.6. The normalized spacial score (nSPS) is 19.1. The summed E-state index contributed by atoms with van der Waals surface area (Å²) in [6.07, 6.45) is 0.707. The molecule has 0 saturated heterocycles. The average Bonchev–Trinajstić information content (AvgIpc) is 2.49. The average molecular weight is 292 g/mol. The third-order valence-corrected chi connectivity index (χ3v) is 4.06. The quantitative estimate of drug-likeness (QED) is 0.878. The highest BCUT2D eigenvalue weighted by molar-refractivity contribution is 6.30. The lowest BCUT2D eigenvalue weighted by molar-refractivity contribution is 0.144. The second-order valence-corrected chi connectivity index (χ2v) is 5.44. The Bertz CT molecular complexity index is 632. The molecule has 2 nitrogen and oxygen atoms in total. The molecule has 0 spiro atoms. The lowest BCUT2D eigenvalue weighted by atomic mass is 9.91. The van der Waals surface area contributed by atoms with Gasteiger partial charge in [-0.1, -0.05) is 41.9 Å². The van der Waals surface area contributed by atoms with Crippen LogP contribution in [-0.2, 0) is 6.42 Å². The molecule has 0 aliphatic carbocycles. The Kier molecular flexibility index (Phi) is 3.64. The summed E-state index contributed by atoms with van der Waals surface area (Å²) < 4.78 is 14.0. The maximum atomic E-state index is 14.0. The maximum absolute atomic E-state index is 14.0. The van der Waals surface area contributed by atoms with Gasteiger partial charge < -0.3 is 10.4 Å². The number of hydrogen-bond donors (Lipinski definition) is 2. The number of para-hydroxylation sites is 1. The van der Waals surface area contributed by atoms with Gasteiger partial charge in [-0.15, -0.1) is 0 Å². The third-order valence-electron chi connectivity index (χ3n) is 3.76. The van der Waals surface area contributed by atoms with Crippen LogP contribution in [0.5, 0.6) is 0 Å². The van der Waals surface area contributed by atoms with Crippen LogP contribution in [0.3, 0.4) is 0 Å². The summed E-state index contributed by atoms with van der Waals surface area (Å²) in [6, 6.07) is 12.5. The van der Waals surface area contributed by atoms with Crippen molar-refractivity contribution < 1.29 is 9.50 Å². The molecule has 1 heterocycles. The molecule has 0 fully saturated rings. The molecule has 0 radical (unpaired) electrons. The molecule has 104 valence electrons. The van der Waals surface area contributed by atoms with Gasteiger partial charge in [0.05, 0.1) is 11.1 Å². The molecule has 1 aliphatic heterocycles. The maximum Gasteiger partial charge on any atom is 0.147 e. The smallest absolute Gasteiger partial charge is 0.147 e. The van der Waals surface area contributed by atoms with Gasteiger partial charge >= 0.3 is 0 Å². The van der Waals surface area contributed by atoms with Gasteiger partial charge in [-0.25, -0.2) is 4.39 Å². The van der Waals surface area contributed by atoms with E-state index in [9.17, 15) is 9.50 Å². The van der Waals surface area contributed by atoms with Crippen molar-refractivity contribution in [2.75, 3.05) is 5.32 Å². The Morgan fingerprint density at radius 1 is 1.20 bits per heavy atom. The molecule has 2 atom stereocenters. The Morgan fingerprint density at radius 2 is 2.00 bits per heavy atom. The van der Waals surface area contributed by atoms with Crippen LogP contribution >= 0.6 is 11.6 Å². The number of aliphatic hydroxyl groups is 1. The van der Waals surface area contributed by atoms with Crippen LogP contribution in [0.15, 0.2) is 42.5 Å². The molecule has 4 heteroatoms. The number of rotatable bonds is 2. The van der Waals surface area contributed by atoms with Crippen LogP contribution in [-0.4, -0.2) is 11.1 Å². The van der Waals surface area contributed by atoms with Crippen LogP contribution in [0, 0.1) is 5.82 Å². The van der Waals surface area contributed by atoms with E-state index in [4.69, 9.17) is 11.6 Å². The van der Waals surface area contributed by atoms with Crippen molar-refractivity contribution in [2.24, 2.45) is 0 Å². The molecule has 0 aromatic heterocycles. The molecule has 0 saturated carbocycles. The van der Waals surface area contributed by atoms with Crippen molar-refractivity contribution in [3.63, 3.8) is 0 Å². The largest absolute Gasteiger partial charge is 0.386 e. The Labute approximate surface area is 122 Å². The first kappa shape index (κ1) is 13.4. The van der Waals surface area contributed by atoms with E-state index in [0.717, 1.165) is 18.5 Å². The first-order valence-corrected chi connectivity index (χ1v) is 7.01. The minimum absolute atomic E-state index is 0.0396. The number of aryl methyl sites for hydroxylation is 1. The molecule has 2 N–H and O–H groups in total. The van der Waals surface area contributed by atoms with E-state index in [-0.39, 0.29) is 16.6 Å². The number of benzene rings is 2. The summed E-state index contributed by atoms with van der Waals surface area (Å²) >= 11 is 5.77. The van der Waals surface area contributed by atoms with Gasteiger partial charge in [0, 0.05) is 11.3 Å². The molecule has 0 bridgehead atoms. The van der Waals surface area contributed by atoms with Crippen molar-refractivity contribution in [1.29, 1.82) is 0 Å². The molecular formula is C16H15ClFNO. The van der Waals surface area contributed by atoms with Gasteiger partial charge in [-0.3, -0.25) is 0 Å². The van der Waals surface area contributed by atoms with Gasteiger partial charge in [0.1, 0.15) is 11.9 Å². The first-order valence-electron chi connectivity index (χ1n) is 6.63. The highest BCUT2D eigenvalue weighted by atomic mass is 35.5. The fourth-order valence-corrected chi connectivity index (χ4v) is 2.85. The molecule has 2 aromatic rings. The molecule has 20 heavy (non-hydrogen) atoms. The predicted molar refractivity (Wildman–Crippen MR) is 78.5 cm³/mol. The summed E-state index contributed by atoms with van der Waals surface area (Å²) in [4.78, 5) is 0. The van der Waals surface area contributed by atoms with Crippen LogP contribution in [0.4, 0.5) is 10.1 Å². The van der Waals surface area contributed by atoms with E-state index < -0.39 is 11.9 Å². The van der Waals surface area contributed by atoms with Gasteiger partial charge in [0.25, 0.3) is 0 Å². The van der Waals surface area contributed by atoms with E-state index in [1.165, 1.54) is 11.6 Å².